The van der Waals surface area contributed by atoms with Gasteiger partial charge in [0.2, 0.25) is 11.8 Å². The number of nitrogens with one attached hydrogen (secondary N) is 2. The molecule has 0 aromatic heterocycles. The number of rotatable bonds is 13. The van der Waals surface area contributed by atoms with Gasteiger partial charge in [0.05, 0.1) is 18.3 Å². The lowest BCUT2D eigenvalue weighted by Gasteiger charge is -2.47. The fourth-order valence-corrected chi connectivity index (χ4v) is 5.31. The Bertz CT molecular complexity index is 1470. The van der Waals surface area contributed by atoms with Crippen LogP contribution in [0.2, 0.25) is 0 Å². The molecule has 0 spiro atoms. The molecular weight excluding hydrogens is 572 g/mol. The second-order valence-corrected chi connectivity index (χ2v) is 10.2. The molecule has 3 aromatic carbocycles. The SMILES string of the molecule is O=C(O)CNC(=O)CNC(=O)COc1ccc([C@@H]2[C@@H](SCC(=O)c3ccc(F)cc3)C(=O)N2c2ccc(F)cc2)cc1. The lowest BCUT2D eigenvalue weighted by molar-refractivity contribution is -0.137. The number of carbonyl (C=O) groups excluding carboxylic acids is 4. The Labute approximate surface area is 243 Å². The van der Waals surface area contributed by atoms with Gasteiger partial charge in [-0.15, -0.1) is 11.8 Å². The first-order chi connectivity index (χ1) is 20.1. The summed E-state index contributed by atoms with van der Waals surface area (Å²) >= 11 is 1.16. The number of thioether (sulfide) groups is 1. The van der Waals surface area contributed by atoms with Crippen molar-refractivity contribution >= 4 is 46.9 Å². The van der Waals surface area contributed by atoms with Gasteiger partial charge in [0.15, 0.2) is 12.4 Å². The molecule has 1 fully saturated rings. The van der Waals surface area contributed by atoms with Crippen LogP contribution in [0.25, 0.3) is 0 Å². The third-order valence-electron chi connectivity index (χ3n) is 6.19. The maximum absolute atomic E-state index is 13.5. The van der Waals surface area contributed by atoms with Gasteiger partial charge in [-0.05, 0) is 66.2 Å². The molecule has 13 heteroatoms. The van der Waals surface area contributed by atoms with Gasteiger partial charge in [0.1, 0.15) is 29.2 Å². The summed E-state index contributed by atoms with van der Waals surface area (Å²) in [4.78, 5) is 61.3. The molecule has 3 N–H and O–H groups in total. The summed E-state index contributed by atoms with van der Waals surface area (Å²) in [5, 5.41) is 12.4. The van der Waals surface area contributed by atoms with E-state index in [1.807, 2.05) is 0 Å². The van der Waals surface area contributed by atoms with Gasteiger partial charge >= 0.3 is 5.97 Å². The average Bonchev–Trinajstić information content (AvgIpc) is 2.98. The summed E-state index contributed by atoms with van der Waals surface area (Å²) in [6.07, 6.45) is 0. The Balaban J connectivity index is 1.40. The quantitative estimate of drug-likeness (QED) is 0.202. The fraction of sp³-hybridized carbons (Fsp3) is 0.207. The first-order valence-electron chi connectivity index (χ1n) is 12.6. The number of carbonyl (C=O) groups is 5. The largest absolute Gasteiger partial charge is 0.484 e. The minimum atomic E-state index is -1.21. The van der Waals surface area contributed by atoms with E-state index in [4.69, 9.17) is 9.84 Å². The molecule has 0 bridgehead atoms. The Hall–Kier alpha value is -4.78. The number of carboxylic acid groups (broad SMARTS) is 1. The van der Waals surface area contributed by atoms with Crippen LogP contribution in [-0.2, 0) is 19.2 Å². The van der Waals surface area contributed by atoms with Crippen LogP contribution >= 0.6 is 11.8 Å². The standard InChI is InChI=1S/C29H25F2N3O7S/c30-19-5-1-17(2-6-19)23(35)16-42-28-27(34(29(28)40)21-9-7-20(31)8-10-21)18-3-11-22(12-4-18)41-15-25(37)32-13-24(36)33-14-26(38)39/h1-12,27-28H,13-16H2,(H,32,37)(H,33,36)(H,38,39)/t27-,28-/m1/s1. The van der Waals surface area contributed by atoms with Crippen LogP contribution in [0.15, 0.2) is 72.8 Å². The number of carboxylic acids is 1. The van der Waals surface area contributed by atoms with Crippen LogP contribution in [0.3, 0.4) is 0 Å². The Morgan fingerprint density at radius 3 is 2.05 bits per heavy atom. The van der Waals surface area contributed by atoms with Crippen molar-refractivity contribution in [3.05, 3.63) is 95.6 Å². The van der Waals surface area contributed by atoms with Crippen LogP contribution in [0.4, 0.5) is 14.5 Å². The van der Waals surface area contributed by atoms with Gasteiger partial charge in [0.25, 0.3) is 5.91 Å². The summed E-state index contributed by atoms with van der Waals surface area (Å²) < 4.78 is 32.2. The van der Waals surface area contributed by atoms with Gasteiger partial charge in [-0.3, -0.25) is 24.0 Å². The normalized spacial score (nSPS) is 15.9. The molecule has 1 heterocycles. The Morgan fingerprint density at radius 1 is 0.833 bits per heavy atom. The minimum absolute atomic E-state index is 0.0135. The number of ketones is 1. The monoisotopic (exact) mass is 597 g/mol. The second-order valence-electron chi connectivity index (χ2n) is 9.10. The third-order valence-corrected chi connectivity index (χ3v) is 7.43. The molecule has 0 saturated carbocycles. The van der Waals surface area contributed by atoms with Crippen molar-refractivity contribution < 1.29 is 42.6 Å². The summed E-state index contributed by atoms with van der Waals surface area (Å²) in [7, 11) is 0. The predicted octanol–water partition coefficient (Wildman–Crippen LogP) is 2.73. The van der Waals surface area contributed by atoms with E-state index in [1.165, 1.54) is 53.4 Å². The van der Waals surface area contributed by atoms with Crippen LogP contribution < -0.4 is 20.3 Å². The van der Waals surface area contributed by atoms with E-state index in [0.717, 1.165) is 11.8 Å². The van der Waals surface area contributed by atoms with Crippen molar-refractivity contribution in [2.75, 3.05) is 30.3 Å². The molecule has 4 rings (SSSR count). The molecule has 218 valence electrons. The molecule has 10 nitrogen and oxygen atoms in total. The molecule has 1 saturated heterocycles. The number of ether oxygens (including phenoxy) is 1. The number of hydrogen-bond donors (Lipinski definition) is 3. The van der Waals surface area contributed by atoms with Crippen molar-refractivity contribution in [2.45, 2.75) is 11.3 Å². The lowest BCUT2D eigenvalue weighted by atomic mass is 9.92. The van der Waals surface area contributed by atoms with E-state index >= 15 is 0 Å². The zero-order chi connectivity index (χ0) is 30.2. The highest BCUT2D eigenvalue weighted by Crippen LogP contribution is 2.45. The maximum atomic E-state index is 13.5. The first-order valence-corrected chi connectivity index (χ1v) is 13.6. The molecule has 0 unspecified atom stereocenters. The van der Waals surface area contributed by atoms with Crippen LogP contribution in [0, 0.1) is 11.6 Å². The van der Waals surface area contributed by atoms with E-state index in [9.17, 15) is 32.8 Å². The van der Waals surface area contributed by atoms with Gasteiger partial charge in [0, 0.05) is 11.3 Å². The molecule has 3 amide bonds. The van der Waals surface area contributed by atoms with Gasteiger partial charge in [-0.1, -0.05) is 12.1 Å². The minimum Gasteiger partial charge on any atom is -0.484 e. The average molecular weight is 598 g/mol. The zero-order valence-electron chi connectivity index (χ0n) is 21.9. The molecule has 3 aromatic rings. The lowest BCUT2D eigenvalue weighted by Crippen LogP contribution is -2.57. The molecule has 0 radical (unpaired) electrons. The predicted molar refractivity (Wildman–Crippen MR) is 149 cm³/mol. The van der Waals surface area contributed by atoms with Gasteiger partial charge in [-0.2, -0.15) is 0 Å². The molecule has 1 aliphatic rings. The van der Waals surface area contributed by atoms with Gasteiger partial charge < -0.3 is 25.4 Å². The van der Waals surface area contributed by atoms with Crippen molar-refractivity contribution in [2.24, 2.45) is 0 Å². The third kappa shape index (κ3) is 7.69. The van der Waals surface area contributed by atoms with Crippen molar-refractivity contribution in [3.63, 3.8) is 0 Å². The topological polar surface area (TPSA) is 142 Å². The van der Waals surface area contributed by atoms with Crippen LogP contribution in [0.5, 0.6) is 5.75 Å². The summed E-state index contributed by atoms with van der Waals surface area (Å²) in [6, 6.07) is 16.7. The van der Waals surface area contributed by atoms with E-state index < -0.39 is 60.4 Å². The Kier molecular flexibility index (Phi) is 9.86. The van der Waals surface area contributed by atoms with Crippen LogP contribution in [-0.4, -0.2) is 65.3 Å². The van der Waals surface area contributed by atoms with E-state index in [1.54, 1.807) is 24.3 Å². The van der Waals surface area contributed by atoms with Crippen molar-refractivity contribution in [1.82, 2.24) is 10.6 Å². The summed E-state index contributed by atoms with van der Waals surface area (Å²) in [5.74, 6) is -3.58. The molecule has 1 aliphatic heterocycles. The number of halogens is 2. The number of amides is 3. The first kappa shape index (κ1) is 30.2. The van der Waals surface area contributed by atoms with Crippen molar-refractivity contribution in [3.8, 4) is 5.75 Å². The highest BCUT2D eigenvalue weighted by atomic mass is 32.2. The molecule has 42 heavy (non-hydrogen) atoms. The number of hydrogen-bond acceptors (Lipinski definition) is 7. The molecule has 2 atom stereocenters. The molecular formula is C29H25F2N3O7S. The number of aliphatic carboxylic acids is 1. The van der Waals surface area contributed by atoms with E-state index in [2.05, 4.69) is 10.6 Å². The van der Waals surface area contributed by atoms with Crippen LogP contribution in [0.1, 0.15) is 22.0 Å². The van der Waals surface area contributed by atoms with Gasteiger partial charge in [-0.25, -0.2) is 8.78 Å². The zero-order valence-corrected chi connectivity index (χ0v) is 22.7. The van der Waals surface area contributed by atoms with E-state index in [-0.39, 0.29) is 17.4 Å². The fourth-order valence-electron chi connectivity index (χ4n) is 4.10. The van der Waals surface area contributed by atoms with E-state index in [0.29, 0.717) is 22.6 Å². The second kappa shape index (κ2) is 13.7. The summed E-state index contributed by atoms with van der Waals surface area (Å²) in [6.45, 7) is -1.38. The number of benzene rings is 3. The highest BCUT2D eigenvalue weighted by molar-refractivity contribution is 8.01. The Morgan fingerprint density at radius 2 is 1.43 bits per heavy atom. The smallest absolute Gasteiger partial charge is 0.322 e. The number of β-lactam (4-membered cyclic amide) rings is 1. The maximum Gasteiger partial charge on any atom is 0.322 e. The number of nitrogens with zero attached hydrogens (tertiary/aromatic N) is 1. The van der Waals surface area contributed by atoms with Crippen molar-refractivity contribution in [1.29, 1.82) is 0 Å². The number of Topliss-reactive ketones (excluding diaryl/α,β-unsaturated/α-hetero) is 1. The highest BCUT2D eigenvalue weighted by Gasteiger charge is 2.49. The summed E-state index contributed by atoms with van der Waals surface area (Å²) in [5.41, 5.74) is 1.52. The number of anilines is 1. The molecule has 0 aliphatic carbocycles.